The number of hydrogen-bond donors (Lipinski definition) is 1. The third kappa shape index (κ3) is 3.66. The van der Waals surface area contributed by atoms with E-state index in [2.05, 4.69) is 15.4 Å². The Morgan fingerprint density at radius 1 is 1.29 bits per heavy atom. The minimum atomic E-state index is -0.771. The maximum Gasteiger partial charge on any atom is 0.271 e. The predicted molar refractivity (Wildman–Crippen MR) is 90.5 cm³/mol. The van der Waals surface area contributed by atoms with Crippen molar-refractivity contribution in [2.24, 2.45) is 0 Å². The molecule has 0 aliphatic heterocycles. The van der Waals surface area contributed by atoms with Crippen molar-refractivity contribution < 1.29 is 9.53 Å². The number of ether oxygens (including phenoxy) is 1. The van der Waals surface area contributed by atoms with Gasteiger partial charge in [0, 0.05) is 17.6 Å². The molecule has 1 aromatic carbocycles. The van der Waals surface area contributed by atoms with E-state index in [1.807, 2.05) is 18.2 Å². The van der Waals surface area contributed by atoms with Crippen LogP contribution in [0.15, 0.2) is 59.0 Å². The lowest BCUT2D eigenvalue weighted by molar-refractivity contribution is -0.119. The number of rotatable bonds is 5. The smallest absolute Gasteiger partial charge is 0.271 e. The fourth-order valence-electron chi connectivity index (χ4n) is 1.98. The lowest BCUT2D eigenvalue weighted by Crippen LogP contribution is -2.32. The number of aromatic nitrogens is 3. The largest absolute Gasteiger partial charge is 0.455 e. The summed E-state index contributed by atoms with van der Waals surface area (Å²) in [6.07, 6.45) is 2.99. The average Bonchev–Trinajstić information content (AvgIpc) is 3.08. The van der Waals surface area contributed by atoms with Crippen molar-refractivity contribution in [2.45, 2.75) is 13.0 Å². The topological polar surface area (TPSA) is 86.1 Å². The number of carbonyl (C=O) groups excluding carboxylic acids is 1. The molecule has 1 amide bonds. The van der Waals surface area contributed by atoms with Gasteiger partial charge in [0.05, 0.1) is 6.20 Å². The average molecular weight is 342 g/mol. The van der Waals surface area contributed by atoms with Crippen molar-refractivity contribution in [1.82, 2.24) is 14.8 Å². The molecule has 7 nitrogen and oxygen atoms in total. The van der Waals surface area contributed by atoms with Crippen molar-refractivity contribution in [1.29, 1.82) is 0 Å². The van der Waals surface area contributed by atoms with Crippen LogP contribution in [0, 0.1) is 0 Å². The maximum absolute atomic E-state index is 12.2. The minimum absolute atomic E-state index is 0.315. The molecule has 2 heterocycles. The highest BCUT2D eigenvalue weighted by Gasteiger charge is 2.18. The molecule has 3 aromatic rings. The number of nitrogens with zero attached hydrogens (tertiary/aromatic N) is 3. The molecular formula is C16H14N4O3S. The number of amides is 1. The number of para-hydroxylation sites is 1. The summed E-state index contributed by atoms with van der Waals surface area (Å²) >= 11 is 1.30. The Morgan fingerprint density at radius 2 is 2.08 bits per heavy atom. The Labute approximate surface area is 141 Å². The summed E-state index contributed by atoms with van der Waals surface area (Å²) in [5.74, 6) is 0.553. The molecule has 0 radical (unpaired) electrons. The van der Waals surface area contributed by atoms with Gasteiger partial charge in [0.25, 0.3) is 11.5 Å². The van der Waals surface area contributed by atoms with Gasteiger partial charge >= 0.3 is 0 Å². The van der Waals surface area contributed by atoms with Gasteiger partial charge in [-0.15, -0.1) is 11.3 Å². The van der Waals surface area contributed by atoms with Crippen LogP contribution in [-0.4, -0.2) is 20.7 Å². The first-order valence-corrected chi connectivity index (χ1v) is 8.03. The molecule has 1 N–H and O–H groups in total. The van der Waals surface area contributed by atoms with E-state index in [4.69, 9.17) is 4.74 Å². The molecule has 0 saturated carbocycles. The first-order valence-electron chi connectivity index (χ1n) is 7.15. The molecule has 0 aliphatic carbocycles. The summed E-state index contributed by atoms with van der Waals surface area (Å²) in [5, 5.41) is 8.89. The highest BCUT2D eigenvalue weighted by molar-refractivity contribution is 7.13. The SMILES string of the molecule is CC(C(=O)Nc1nccs1)n1ncc(Oc2ccccc2)cc1=O. The molecule has 24 heavy (non-hydrogen) atoms. The van der Waals surface area contributed by atoms with Gasteiger partial charge < -0.3 is 10.1 Å². The van der Waals surface area contributed by atoms with E-state index >= 15 is 0 Å². The highest BCUT2D eigenvalue weighted by Crippen LogP contribution is 2.18. The summed E-state index contributed by atoms with van der Waals surface area (Å²) in [6.45, 7) is 1.59. The van der Waals surface area contributed by atoms with E-state index in [0.717, 1.165) is 4.68 Å². The second-order valence-electron chi connectivity index (χ2n) is 4.89. The van der Waals surface area contributed by atoms with Gasteiger partial charge in [0.1, 0.15) is 11.8 Å². The van der Waals surface area contributed by atoms with Gasteiger partial charge in [-0.1, -0.05) is 18.2 Å². The summed E-state index contributed by atoms with van der Waals surface area (Å²) in [5.41, 5.74) is -0.426. The molecule has 122 valence electrons. The van der Waals surface area contributed by atoms with Crippen LogP contribution in [0.25, 0.3) is 0 Å². The number of benzene rings is 1. The van der Waals surface area contributed by atoms with Crippen molar-refractivity contribution in [3.05, 3.63) is 64.5 Å². The van der Waals surface area contributed by atoms with Gasteiger partial charge in [-0.2, -0.15) is 5.10 Å². The van der Waals surface area contributed by atoms with Crippen LogP contribution in [0.5, 0.6) is 11.5 Å². The van der Waals surface area contributed by atoms with Crippen molar-refractivity contribution in [2.75, 3.05) is 5.32 Å². The minimum Gasteiger partial charge on any atom is -0.455 e. The first-order chi connectivity index (χ1) is 11.6. The number of nitrogens with one attached hydrogen (secondary N) is 1. The fourth-order valence-corrected chi connectivity index (χ4v) is 2.51. The lowest BCUT2D eigenvalue weighted by atomic mass is 10.3. The van der Waals surface area contributed by atoms with Crippen molar-refractivity contribution in [3.8, 4) is 11.5 Å². The van der Waals surface area contributed by atoms with Crippen LogP contribution >= 0.6 is 11.3 Å². The third-order valence-corrected chi connectivity index (χ3v) is 3.88. The Morgan fingerprint density at radius 3 is 2.75 bits per heavy atom. The van der Waals surface area contributed by atoms with Gasteiger partial charge in [-0.05, 0) is 19.1 Å². The Balaban J connectivity index is 1.74. The van der Waals surface area contributed by atoms with Gasteiger partial charge in [-0.3, -0.25) is 9.59 Å². The monoisotopic (exact) mass is 342 g/mol. The van der Waals surface area contributed by atoms with Crippen LogP contribution in [0.4, 0.5) is 5.13 Å². The molecule has 1 unspecified atom stereocenters. The molecule has 0 bridgehead atoms. The zero-order valence-corrected chi connectivity index (χ0v) is 13.6. The van der Waals surface area contributed by atoms with Crippen molar-refractivity contribution in [3.63, 3.8) is 0 Å². The predicted octanol–water partition coefficient (Wildman–Crippen LogP) is 2.69. The summed E-state index contributed by atoms with van der Waals surface area (Å²) in [6, 6.07) is 9.60. The normalized spacial score (nSPS) is 11.7. The molecule has 0 spiro atoms. The molecule has 3 rings (SSSR count). The third-order valence-electron chi connectivity index (χ3n) is 3.19. The van der Waals surface area contributed by atoms with E-state index < -0.39 is 11.6 Å². The number of anilines is 1. The maximum atomic E-state index is 12.2. The Kier molecular flexibility index (Phi) is 4.66. The zero-order chi connectivity index (χ0) is 16.9. The molecule has 0 aliphatic rings. The molecular weight excluding hydrogens is 328 g/mol. The van der Waals surface area contributed by atoms with E-state index in [1.165, 1.54) is 23.6 Å². The van der Waals surface area contributed by atoms with E-state index in [-0.39, 0.29) is 5.91 Å². The van der Waals surface area contributed by atoms with Crippen LogP contribution in [0.3, 0.4) is 0 Å². The van der Waals surface area contributed by atoms with Crippen molar-refractivity contribution >= 4 is 22.4 Å². The molecule has 2 aromatic heterocycles. The molecule has 0 fully saturated rings. The van der Waals surface area contributed by atoms with Gasteiger partial charge in [-0.25, -0.2) is 9.67 Å². The molecule has 0 saturated heterocycles. The fraction of sp³-hybridized carbons (Fsp3) is 0.125. The highest BCUT2D eigenvalue weighted by atomic mass is 32.1. The van der Waals surface area contributed by atoms with Crippen LogP contribution in [0.2, 0.25) is 0 Å². The van der Waals surface area contributed by atoms with Gasteiger partial charge in [0.2, 0.25) is 0 Å². The standard InChI is InChI=1S/C16H14N4O3S/c1-11(15(22)19-16-17-7-8-24-16)20-14(21)9-13(10-18-20)23-12-5-3-2-4-6-12/h2-11H,1H3,(H,17,19,22). The van der Waals surface area contributed by atoms with E-state index in [1.54, 1.807) is 30.6 Å². The zero-order valence-electron chi connectivity index (χ0n) is 12.7. The van der Waals surface area contributed by atoms with Crippen LogP contribution in [-0.2, 0) is 4.79 Å². The number of thiazole rings is 1. The lowest BCUT2D eigenvalue weighted by Gasteiger charge is -2.13. The summed E-state index contributed by atoms with van der Waals surface area (Å²) in [4.78, 5) is 28.3. The Hall–Kier alpha value is -3.00. The van der Waals surface area contributed by atoms with Crippen LogP contribution in [0.1, 0.15) is 13.0 Å². The number of carbonyl (C=O) groups is 1. The second kappa shape index (κ2) is 7.05. The van der Waals surface area contributed by atoms with E-state index in [0.29, 0.717) is 16.6 Å². The first kappa shape index (κ1) is 15.9. The summed E-state index contributed by atoms with van der Waals surface area (Å²) in [7, 11) is 0. The molecule has 1 atom stereocenters. The summed E-state index contributed by atoms with van der Waals surface area (Å²) < 4.78 is 6.65. The quantitative estimate of drug-likeness (QED) is 0.770. The second-order valence-corrected chi connectivity index (χ2v) is 5.79. The van der Waals surface area contributed by atoms with E-state index in [9.17, 15) is 9.59 Å². The Bertz CT molecular complexity index is 878. The van der Waals surface area contributed by atoms with Gasteiger partial charge in [0.15, 0.2) is 10.9 Å². The number of hydrogen-bond acceptors (Lipinski definition) is 6. The van der Waals surface area contributed by atoms with Crippen LogP contribution < -0.4 is 15.6 Å². The molecule has 8 heteroatoms.